The summed E-state index contributed by atoms with van der Waals surface area (Å²) in [6, 6.07) is 17.1. The van der Waals surface area contributed by atoms with Gasteiger partial charge in [0.1, 0.15) is 0 Å². The van der Waals surface area contributed by atoms with E-state index < -0.39 is 0 Å². The van der Waals surface area contributed by atoms with Gasteiger partial charge in [0.25, 0.3) is 5.91 Å². The van der Waals surface area contributed by atoms with Crippen molar-refractivity contribution in [2.45, 2.75) is 13.8 Å². The van der Waals surface area contributed by atoms with Gasteiger partial charge in [0, 0.05) is 17.3 Å². The second kappa shape index (κ2) is 5.85. The third-order valence-corrected chi connectivity index (χ3v) is 3.44. The van der Waals surface area contributed by atoms with Crippen molar-refractivity contribution >= 4 is 11.6 Å². The van der Waals surface area contributed by atoms with E-state index >= 15 is 0 Å². The zero-order chi connectivity index (χ0) is 15.5. The molecule has 4 nitrogen and oxygen atoms in total. The van der Waals surface area contributed by atoms with Crippen molar-refractivity contribution in [2.75, 3.05) is 5.32 Å². The van der Waals surface area contributed by atoms with Gasteiger partial charge in [-0.25, -0.2) is 0 Å². The highest BCUT2D eigenvalue weighted by atomic mass is 16.5. The third-order valence-electron chi connectivity index (χ3n) is 3.44. The molecule has 2 aromatic carbocycles. The number of aryl methyl sites for hydroxylation is 2. The molecule has 0 atom stereocenters. The summed E-state index contributed by atoms with van der Waals surface area (Å²) in [7, 11) is 0. The van der Waals surface area contributed by atoms with Crippen LogP contribution in [0.25, 0.3) is 11.3 Å². The molecule has 4 heteroatoms. The van der Waals surface area contributed by atoms with Crippen LogP contribution in [0.4, 0.5) is 5.69 Å². The largest absolute Gasteiger partial charge is 0.355 e. The van der Waals surface area contributed by atoms with E-state index in [0.29, 0.717) is 5.76 Å². The maximum absolute atomic E-state index is 12.2. The Morgan fingerprint density at radius 2 is 1.86 bits per heavy atom. The van der Waals surface area contributed by atoms with Gasteiger partial charge in [-0.05, 0) is 31.5 Å². The monoisotopic (exact) mass is 292 g/mol. The van der Waals surface area contributed by atoms with E-state index in [2.05, 4.69) is 10.5 Å². The molecule has 1 amide bonds. The number of anilines is 1. The van der Waals surface area contributed by atoms with Crippen LogP contribution in [0.5, 0.6) is 0 Å². The molecule has 0 radical (unpaired) electrons. The fourth-order valence-electron chi connectivity index (χ4n) is 2.22. The lowest BCUT2D eigenvalue weighted by atomic mass is 10.1. The summed E-state index contributed by atoms with van der Waals surface area (Å²) >= 11 is 0. The van der Waals surface area contributed by atoms with Crippen molar-refractivity contribution in [3.63, 3.8) is 0 Å². The molecule has 0 aliphatic carbocycles. The van der Waals surface area contributed by atoms with Crippen LogP contribution in [-0.4, -0.2) is 11.1 Å². The van der Waals surface area contributed by atoms with E-state index in [1.165, 1.54) is 0 Å². The van der Waals surface area contributed by atoms with Gasteiger partial charge in [-0.15, -0.1) is 0 Å². The molecule has 3 rings (SSSR count). The van der Waals surface area contributed by atoms with Crippen LogP contribution in [0, 0.1) is 13.8 Å². The van der Waals surface area contributed by atoms with Gasteiger partial charge in [0.05, 0.1) is 0 Å². The molecular weight excluding hydrogens is 276 g/mol. The number of benzene rings is 2. The lowest BCUT2D eigenvalue weighted by molar-refractivity contribution is 0.101. The highest BCUT2D eigenvalue weighted by Crippen LogP contribution is 2.22. The molecule has 0 unspecified atom stereocenters. The Morgan fingerprint density at radius 1 is 1.05 bits per heavy atom. The van der Waals surface area contributed by atoms with Gasteiger partial charge in [-0.2, -0.15) is 0 Å². The van der Waals surface area contributed by atoms with E-state index in [4.69, 9.17) is 4.52 Å². The molecule has 1 N–H and O–H groups in total. The summed E-state index contributed by atoms with van der Waals surface area (Å²) in [6.07, 6.45) is 0. The molecule has 0 spiro atoms. The smallest absolute Gasteiger partial charge is 0.277 e. The highest BCUT2D eigenvalue weighted by Gasteiger charge is 2.14. The standard InChI is InChI=1S/C18H16N2O2/c1-12-6-5-8-14(10-12)17-11-16(20-22-17)18(21)19-15-9-4-3-7-13(15)2/h3-11H,1-2H3,(H,19,21). The van der Waals surface area contributed by atoms with Crippen LogP contribution in [0.3, 0.4) is 0 Å². The first-order valence-corrected chi connectivity index (χ1v) is 7.04. The van der Waals surface area contributed by atoms with E-state index in [1.807, 2.05) is 62.4 Å². The van der Waals surface area contributed by atoms with E-state index in [9.17, 15) is 4.79 Å². The van der Waals surface area contributed by atoms with E-state index in [1.54, 1.807) is 6.07 Å². The Bertz CT molecular complexity index is 821. The minimum atomic E-state index is -0.281. The number of hydrogen-bond donors (Lipinski definition) is 1. The number of hydrogen-bond acceptors (Lipinski definition) is 3. The Hall–Kier alpha value is -2.88. The van der Waals surface area contributed by atoms with Crippen molar-refractivity contribution in [1.82, 2.24) is 5.16 Å². The lowest BCUT2D eigenvalue weighted by Gasteiger charge is -2.05. The molecular formula is C18H16N2O2. The zero-order valence-electron chi connectivity index (χ0n) is 12.5. The van der Waals surface area contributed by atoms with E-state index in [0.717, 1.165) is 22.4 Å². The Kier molecular flexibility index (Phi) is 3.74. The van der Waals surface area contributed by atoms with Gasteiger partial charge >= 0.3 is 0 Å². The van der Waals surface area contributed by atoms with Gasteiger partial charge in [-0.1, -0.05) is 47.1 Å². The first-order valence-electron chi connectivity index (χ1n) is 7.04. The molecule has 1 heterocycles. The normalized spacial score (nSPS) is 10.5. The fourth-order valence-corrected chi connectivity index (χ4v) is 2.22. The maximum atomic E-state index is 12.2. The van der Waals surface area contributed by atoms with Crippen molar-refractivity contribution in [3.8, 4) is 11.3 Å². The Morgan fingerprint density at radius 3 is 2.64 bits per heavy atom. The molecule has 0 aliphatic rings. The van der Waals surface area contributed by atoms with Crippen LogP contribution < -0.4 is 5.32 Å². The highest BCUT2D eigenvalue weighted by molar-refractivity contribution is 6.03. The number of rotatable bonds is 3. The van der Waals surface area contributed by atoms with Crippen LogP contribution in [0.15, 0.2) is 59.1 Å². The first kappa shape index (κ1) is 14.1. The summed E-state index contributed by atoms with van der Waals surface area (Å²) in [5.41, 5.74) is 4.06. The molecule has 0 saturated carbocycles. The van der Waals surface area contributed by atoms with Gasteiger partial charge < -0.3 is 9.84 Å². The second-order valence-corrected chi connectivity index (χ2v) is 5.21. The minimum Gasteiger partial charge on any atom is -0.355 e. The van der Waals surface area contributed by atoms with Gasteiger partial charge in [0.2, 0.25) is 0 Å². The maximum Gasteiger partial charge on any atom is 0.277 e. The number of nitrogens with one attached hydrogen (secondary N) is 1. The molecule has 0 aliphatic heterocycles. The minimum absolute atomic E-state index is 0.264. The predicted octanol–water partition coefficient (Wildman–Crippen LogP) is 4.21. The number of carbonyl (C=O) groups is 1. The SMILES string of the molecule is Cc1cccc(-c2cc(C(=O)Nc3ccccc3C)no2)c1. The van der Waals surface area contributed by atoms with Crippen molar-refractivity contribution in [1.29, 1.82) is 0 Å². The first-order chi connectivity index (χ1) is 10.6. The summed E-state index contributed by atoms with van der Waals surface area (Å²) in [6.45, 7) is 3.95. The van der Waals surface area contributed by atoms with Crippen LogP contribution >= 0.6 is 0 Å². The zero-order valence-corrected chi connectivity index (χ0v) is 12.5. The number of carbonyl (C=O) groups excluding carboxylic acids is 1. The summed E-state index contributed by atoms with van der Waals surface area (Å²) < 4.78 is 5.28. The molecule has 1 aromatic heterocycles. The van der Waals surface area contributed by atoms with Gasteiger partial charge in [-0.3, -0.25) is 4.79 Å². The van der Waals surface area contributed by atoms with Crippen molar-refractivity contribution < 1.29 is 9.32 Å². The van der Waals surface area contributed by atoms with Gasteiger partial charge in [0.15, 0.2) is 11.5 Å². The Balaban J connectivity index is 1.82. The van der Waals surface area contributed by atoms with E-state index in [-0.39, 0.29) is 11.6 Å². The average Bonchev–Trinajstić information content (AvgIpc) is 2.99. The second-order valence-electron chi connectivity index (χ2n) is 5.21. The number of nitrogens with zero attached hydrogens (tertiary/aromatic N) is 1. The predicted molar refractivity (Wildman–Crippen MR) is 85.8 cm³/mol. The number of para-hydroxylation sites is 1. The third kappa shape index (κ3) is 2.91. The topological polar surface area (TPSA) is 55.1 Å². The molecule has 110 valence electrons. The van der Waals surface area contributed by atoms with Crippen molar-refractivity contribution in [2.24, 2.45) is 0 Å². The quantitative estimate of drug-likeness (QED) is 0.786. The Labute approximate surface area is 128 Å². The molecule has 0 bridgehead atoms. The number of aromatic nitrogens is 1. The molecule has 0 fully saturated rings. The van der Waals surface area contributed by atoms with Crippen molar-refractivity contribution in [3.05, 3.63) is 71.4 Å². The van der Waals surface area contributed by atoms with Crippen LogP contribution in [-0.2, 0) is 0 Å². The fraction of sp³-hybridized carbons (Fsp3) is 0.111. The lowest BCUT2D eigenvalue weighted by Crippen LogP contribution is -2.12. The van der Waals surface area contributed by atoms with Crippen LogP contribution in [0.1, 0.15) is 21.6 Å². The summed E-state index contributed by atoms with van der Waals surface area (Å²) in [5.74, 6) is 0.301. The average molecular weight is 292 g/mol. The number of amides is 1. The summed E-state index contributed by atoms with van der Waals surface area (Å²) in [4.78, 5) is 12.2. The summed E-state index contributed by atoms with van der Waals surface area (Å²) in [5, 5.41) is 6.70. The molecule has 3 aromatic rings. The molecule has 22 heavy (non-hydrogen) atoms. The van der Waals surface area contributed by atoms with Crippen LogP contribution in [0.2, 0.25) is 0 Å². The molecule has 0 saturated heterocycles.